The van der Waals surface area contributed by atoms with Gasteiger partial charge in [-0.05, 0) is 37.6 Å². The number of hydrogen-bond donors (Lipinski definition) is 1. The highest BCUT2D eigenvalue weighted by Gasteiger charge is 2.02. The number of rotatable bonds is 3. The quantitative estimate of drug-likeness (QED) is 0.851. The van der Waals surface area contributed by atoms with Crippen LogP contribution in [0.25, 0.3) is 0 Å². The number of nitrogens with zero attached hydrogens (tertiary/aromatic N) is 1. The summed E-state index contributed by atoms with van der Waals surface area (Å²) in [5, 5.41) is 0. The molecule has 4 heteroatoms. The van der Waals surface area contributed by atoms with Gasteiger partial charge in [-0.15, -0.1) is 0 Å². The summed E-state index contributed by atoms with van der Waals surface area (Å²) in [5.41, 5.74) is 6.81. The van der Waals surface area contributed by atoms with Gasteiger partial charge in [-0.2, -0.15) is 0 Å². The van der Waals surface area contributed by atoms with Gasteiger partial charge in [0.25, 0.3) is 0 Å². The van der Waals surface area contributed by atoms with Gasteiger partial charge < -0.3 is 15.0 Å². The van der Waals surface area contributed by atoms with E-state index in [-0.39, 0.29) is 5.97 Å². The number of aryl methyl sites for hydroxylation is 3. The molecule has 0 aromatic carbocycles. The highest BCUT2D eigenvalue weighted by atomic mass is 16.5. The van der Waals surface area contributed by atoms with Crippen LogP contribution in [0, 0.1) is 6.92 Å². The van der Waals surface area contributed by atoms with E-state index in [0.717, 1.165) is 5.56 Å². The number of ether oxygens (including phenoxy) is 1. The van der Waals surface area contributed by atoms with Crippen molar-refractivity contribution in [1.29, 1.82) is 0 Å². The largest absolute Gasteiger partial charge is 0.469 e. The summed E-state index contributed by atoms with van der Waals surface area (Å²) >= 11 is 0. The number of carbonyl (C=O) groups excluding carboxylic acids is 1. The first-order valence-electron chi connectivity index (χ1n) is 6.23. The predicted octanol–water partition coefficient (Wildman–Crippen LogP) is 2.14. The van der Waals surface area contributed by atoms with Gasteiger partial charge in [0.05, 0.1) is 7.11 Å². The Hall–Kier alpha value is -1.81. The SMILES string of the molecule is CN.COC(=O)CCc1cn(C)cccccc1C. The van der Waals surface area contributed by atoms with Crippen molar-refractivity contribution < 1.29 is 9.53 Å². The average molecular weight is 264 g/mol. The highest BCUT2D eigenvalue weighted by molar-refractivity contribution is 5.69. The third-order valence-corrected chi connectivity index (χ3v) is 2.58. The standard InChI is InChI=1S/C14H19NO2.CH5N/c1-12-7-5-4-6-10-15(2)11-13(12)8-9-14(16)17-3;1-2/h4-7,10-11H,8-9H2,1-3H3;2H2,1H3. The Morgan fingerprint density at radius 3 is 2.63 bits per heavy atom. The average Bonchev–Trinajstić information content (AvgIpc) is 2.50. The molecular formula is C15H24N2O2. The second-order valence-corrected chi connectivity index (χ2v) is 3.97. The van der Waals surface area contributed by atoms with E-state index in [1.54, 1.807) is 0 Å². The van der Waals surface area contributed by atoms with Crippen molar-refractivity contribution in [1.82, 2.24) is 4.57 Å². The van der Waals surface area contributed by atoms with E-state index in [4.69, 9.17) is 0 Å². The molecule has 0 saturated heterocycles. The van der Waals surface area contributed by atoms with Crippen LogP contribution in [0.5, 0.6) is 0 Å². The second-order valence-electron chi connectivity index (χ2n) is 3.97. The van der Waals surface area contributed by atoms with Crippen molar-refractivity contribution in [3.05, 3.63) is 47.8 Å². The van der Waals surface area contributed by atoms with Crippen molar-refractivity contribution in [3.63, 3.8) is 0 Å². The number of esters is 1. The Bertz CT molecular complexity index is 438. The van der Waals surface area contributed by atoms with Gasteiger partial charge in [0.2, 0.25) is 0 Å². The van der Waals surface area contributed by atoms with Gasteiger partial charge >= 0.3 is 5.97 Å². The van der Waals surface area contributed by atoms with Crippen LogP contribution in [-0.4, -0.2) is 24.7 Å². The molecule has 0 aliphatic carbocycles. The fourth-order valence-electron chi connectivity index (χ4n) is 1.55. The van der Waals surface area contributed by atoms with E-state index in [1.165, 1.54) is 19.7 Å². The van der Waals surface area contributed by atoms with Crippen LogP contribution in [0.1, 0.15) is 17.5 Å². The summed E-state index contributed by atoms with van der Waals surface area (Å²) < 4.78 is 6.64. The van der Waals surface area contributed by atoms with E-state index >= 15 is 0 Å². The lowest BCUT2D eigenvalue weighted by atomic mass is 10.1. The van der Waals surface area contributed by atoms with Crippen LogP contribution in [0.15, 0.2) is 36.7 Å². The molecule has 0 unspecified atom stereocenters. The molecule has 0 amide bonds. The lowest BCUT2D eigenvalue weighted by molar-refractivity contribution is -0.140. The Labute approximate surface area is 115 Å². The fourth-order valence-corrected chi connectivity index (χ4v) is 1.55. The van der Waals surface area contributed by atoms with E-state index in [2.05, 4.69) is 10.5 Å². The molecule has 0 aliphatic rings. The lowest BCUT2D eigenvalue weighted by Gasteiger charge is -2.03. The molecule has 0 aliphatic heterocycles. The van der Waals surface area contributed by atoms with Crippen LogP contribution >= 0.6 is 0 Å². The maximum absolute atomic E-state index is 11.2. The van der Waals surface area contributed by atoms with Gasteiger partial charge in [0.15, 0.2) is 0 Å². The van der Waals surface area contributed by atoms with Crippen LogP contribution in [0.4, 0.5) is 0 Å². The molecule has 0 atom stereocenters. The smallest absolute Gasteiger partial charge is 0.305 e. The fraction of sp³-hybridized carbons (Fsp3) is 0.400. The minimum atomic E-state index is -0.174. The van der Waals surface area contributed by atoms with Gasteiger partial charge in [-0.3, -0.25) is 4.79 Å². The predicted molar refractivity (Wildman–Crippen MR) is 78.2 cm³/mol. The summed E-state index contributed by atoms with van der Waals surface area (Å²) in [7, 11) is 4.89. The summed E-state index contributed by atoms with van der Waals surface area (Å²) in [6, 6.07) is 8.00. The number of aromatic nitrogens is 1. The molecule has 1 aromatic heterocycles. The van der Waals surface area contributed by atoms with Crippen LogP contribution in [-0.2, 0) is 23.0 Å². The zero-order valence-electron chi connectivity index (χ0n) is 12.2. The maximum atomic E-state index is 11.2. The molecule has 2 N–H and O–H groups in total. The second kappa shape index (κ2) is 10.1. The summed E-state index contributed by atoms with van der Waals surface area (Å²) in [4.78, 5) is 11.2. The topological polar surface area (TPSA) is 57.2 Å². The molecule has 106 valence electrons. The molecule has 0 saturated carbocycles. The molecule has 0 fully saturated rings. The molecule has 4 nitrogen and oxygen atoms in total. The zero-order chi connectivity index (χ0) is 14.7. The Balaban J connectivity index is 0.00000154. The van der Waals surface area contributed by atoms with Crippen molar-refractivity contribution in [2.45, 2.75) is 19.8 Å². The highest BCUT2D eigenvalue weighted by Crippen LogP contribution is 2.07. The first-order valence-corrected chi connectivity index (χ1v) is 6.23. The molecule has 0 spiro atoms. The number of carbonyl (C=O) groups is 1. The summed E-state index contributed by atoms with van der Waals surface area (Å²) in [5.74, 6) is -0.174. The van der Waals surface area contributed by atoms with E-state index in [1.807, 2.05) is 55.2 Å². The molecule has 1 aromatic rings. The zero-order valence-corrected chi connectivity index (χ0v) is 12.2. The number of nitrogens with two attached hydrogens (primary N) is 1. The minimum absolute atomic E-state index is 0.174. The maximum Gasteiger partial charge on any atom is 0.305 e. The van der Waals surface area contributed by atoms with E-state index in [9.17, 15) is 4.79 Å². The van der Waals surface area contributed by atoms with Crippen LogP contribution in [0.3, 0.4) is 0 Å². The minimum Gasteiger partial charge on any atom is -0.469 e. The van der Waals surface area contributed by atoms with Crippen molar-refractivity contribution in [2.24, 2.45) is 12.8 Å². The van der Waals surface area contributed by atoms with Crippen molar-refractivity contribution >= 4 is 5.97 Å². The third kappa shape index (κ3) is 7.26. The Morgan fingerprint density at radius 1 is 1.32 bits per heavy atom. The normalized spacial score (nSPS) is 8.89. The molecule has 1 heterocycles. The van der Waals surface area contributed by atoms with Crippen LogP contribution in [0.2, 0.25) is 0 Å². The van der Waals surface area contributed by atoms with Crippen molar-refractivity contribution in [2.75, 3.05) is 14.2 Å². The third-order valence-electron chi connectivity index (χ3n) is 2.58. The molecule has 19 heavy (non-hydrogen) atoms. The van der Waals surface area contributed by atoms with Gasteiger partial charge in [-0.25, -0.2) is 0 Å². The lowest BCUT2D eigenvalue weighted by Crippen LogP contribution is -2.03. The number of methoxy groups -OCH3 is 1. The van der Waals surface area contributed by atoms with Crippen LogP contribution < -0.4 is 5.73 Å². The van der Waals surface area contributed by atoms with Crippen molar-refractivity contribution in [3.8, 4) is 0 Å². The van der Waals surface area contributed by atoms with Gasteiger partial charge in [-0.1, -0.05) is 18.2 Å². The summed E-state index contributed by atoms with van der Waals surface area (Å²) in [6.45, 7) is 2.05. The van der Waals surface area contributed by atoms with Gasteiger partial charge in [0, 0.05) is 25.9 Å². The Kier molecular flexibility index (Phi) is 9.18. The molecule has 1 rings (SSSR count). The Morgan fingerprint density at radius 2 is 2.00 bits per heavy atom. The van der Waals surface area contributed by atoms with E-state index < -0.39 is 0 Å². The summed E-state index contributed by atoms with van der Waals surface area (Å²) in [6.07, 6.45) is 5.12. The monoisotopic (exact) mass is 264 g/mol. The van der Waals surface area contributed by atoms with E-state index in [0.29, 0.717) is 12.8 Å². The van der Waals surface area contributed by atoms with Gasteiger partial charge in [0.1, 0.15) is 0 Å². The first-order chi connectivity index (χ1) is 9.13. The molecule has 0 bridgehead atoms. The number of hydrogen-bond acceptors (Lipinski definition) is 3. The first kappa shape index (κ1) is 17.2. The molecular weight excluding hydrogens is 240 g/mol. The molecule has 0 radical (unpaired) electrons.